The van der Waals surface area contributed by atoms with Crippen molar-refractivity contribution >= 4 is 33.1 Å². The Balaban J connectivity index is 0.00000144. The van der Waals surface area contributed by atoms with Crippen molar-refractivity contribution < 1.29 is 17.7 Å². The number of hydrogen-bond acceptors (Lipinski definition) is 3. The van der Waals surface area contributed by atoms with E-state index in [1.807, 2.05) is 11.3 Å². The molecule has 0 spiro atoms. The minimum atomic E-state index is 0. The van der Waals surface area contributed by atoms with Crippen LogP contribution in [-0.2, 0) is 12.8 Å². The van der Waals surface area contributed by atoms with Crippen LogP contribution in [0.4, 0.5) is 11.5 Å². The second kappa shape index (κ2) is 6.32. The molecule has 0 fully saturated rings. The Bertz CT molecular complexity index is 796. The van der Waals surface area contributed by atoms with E-state index in [4.69, 9.17) is 0 Å². The number of halogens is 1. The molecule has 3 aromatic rings. The van der Waals surface area contributed by atoms with Crippen LogP contribution in [0.2, 0.25) is 0 Å². The van der Waals surface area contributed by atoms with Crippen LogP contribution in [0.15, 0.2) is 30.6 Å². The molecule has 114 valence electrons. The second-order valence-corrected chi connectivity index (χ2v) is 6.79. The average Bonchev–Trinajstić information content (AvgIpc) is 2.89. The highest BCUT2D eigenvalue weighted by Gasteiger charge is 2.21. The Morgan fingerprint density at radius 2 is 1.82 bits per heavy atom. The summed E-state index contributed by atoms with van der Waals surface area (Å²) in [5.74, 6) is 1.07. The molecule has 1 aliphatic carbocycles. The van der Waals surface area contributed by atoms with Gasteiger partial charge in [0, 0.05) is 4.88 Å². The summed E-state index contributed by atoms with van der Waals surface area (Å²) in [5, 5.41) is 3.48. The molecular weight excluding hydrogens is 314 g/mol. The van der Waals surface area contributed by atoms with Crippen LogP contribution in [0.1, 0.15) is 28.8 Å². The number of quaternary nitrogens is 1. The molecule has 4 rings (SSSR count). The third-order valence-electron chi connectivity index (χ3n) is 4.16. The first-order valence-electron chi connectivity index (χ1n) is 7.48. The number of rotatable bonds is 2. The first-order valence-corrected chi connectivity index (χ1v) is 8.29. The van der Waals surface area contributed by atoms with Gasteiger partial charge in [-0.3, -0.25) is 5.32 Å². The standard InChI is InChI=1S/C17H17N3S.ClH/c1-11-6-8-12(9-7-11)20-16-15-13-4-2-3-5-14(13)21-17(15)19-10-18-16;/h6-10H,2-5H2,1H3,(H,18,19,20);1H. The first kappa shape index (κ1) is 15.4. The number of thiophene rings is 1. The third kappa shape index (κ3) is 2.74. The fraction of sp³-hybridized carbons (Fsp3) is 0.294. The third-order valence-corrected chi connectivity index (χ3v) is 5.36. The highest BCUT2D eigenvalue weighted by Crippen LogP contribution is 2.37. The molecule has 0 atom stereocenters. The van der Waals surface area contributed by atoms with Gasteiger partial charge in [-0.05, 0) is 50.3 Å². The lowest BCUT2D eigenvalue weighted by Crippen LogP contribution is -3.00. The van der Waals surface area contributed by atoms with Crippen LogP contribution in [0.5, 0.6) is 0 Å². The number of fused-ring (bicyclic) bond motifs is 3. The normalized spacial score (nSPS) is 13.7. The molecule has 0 aliphatic heterocycles. The molecule has 0 amide bonds. The van der Waals surface area contributed by atoms with E-state index in [0.29, 0.717) is 0 Å². The van der Waals surface area contributed by atoms with E-state index >= 15 is 0 Å². The summed E-state index contributed by atoms with van der Waals surface area (Å²) in [7, 11) is 0. The molecule has 0 bridgehead atoms. The summed E-state index contributed by atoms with van der Waals surface area (Å²) in [6, 6.07) is 8.60. The van der Waals surface area contributed by atoms with Gasteiger partial charge in [0.05, 0.1) is 5.39 Å². The lowest BCUT2D eigenvalue weighted by molar-refractivity contribution is -0.481. The monoisotopic (exact) mass is 331 g/mol. The molecule has 0 saturated heterocycles. The van der Waals surface area contributed by atoms with Crippen molar-refractivity contribution in [3.63, 3.8) is 0 Å². The molecule has 3 nitrogen and oxygen atoms in total. The molecule has 2 aromatic heterocycles. The quantitative estimate of drug-likeness (QED) is 0.691. The van der Waals surface area contributed by atoms with Gasteiger partial charge in [-0.1, -0.05) is 17.7 Å². The van der Waals surface area contributed by atoms with Crippen molar-refractivity contribution in [2.24, 2.45) is 0 Å². The molecule has 1 aromatic carbocycles. The fourth-order valence-corrected chi connectivity index (χ4v) is 4.28. The van der Waals surface area contributed by atoms with E-state index in [1.54, 1.807) is 6.33 Å². The SMILES string of the molecule is Cc1ccc([NH2+]c2ncnc3sc4c(c23)CCCC4)cc1.[Cl-]. The van der Waals surface area contributed by atoms with Crippen LogP contribution in [0.25, 0.3) is 10.2 Å². The van der Waals surface area contributed by atoms with Crippen LogP contribution in [0, 0.1) is 6.92 Å². The fourth-order valence-electron chi connectivity index (χ4n) is 3.04. The lowest BCUT2D eigenvalue weighted by Gasteiger charge is -2.10. The number of aromatic nitrogens is 2. The zero-order valence-electron chi connectivity index (χ0n) is 12.5. The van der Waals surface area contributed by atoms with Crippen molar-refractivity contribution in [1.82, 2.24) is 9.97 Å². The zero-order chi connectivity index (χ0) is 14.2. The van der Waals surface area contributed by atoms with Gasteiger partial charge in [0.1, 0.15) is 16.8 Å². The van der Waals surface area contributed by atoms with E-state index < -0.39 is 0 Å². The van der Waals surface area contributed by atoms with Crippen molar-refractivity contribution in [3.05, 3.63) is 46.6 Å². The summed E-state index contributed by atoms with van der Waals surface area (Å²) in [5.41, 5.74) is 3.99. The van der Waals surface area contributed by atoms with Crippen LogP contribution < -0.4 is 17.7 Å². The van der Waals surface area contributed by atoms with Gasteiger partial charge in [0.2, 0.25) is 5.82 Å². The average molecular weight is 332 g/mol. The molecule has 22 heavy (non-hydrogen) atoms. The van der Waals surface area contributed by atoms with E-state index in [0.717, 1.165) is 10.6 Å². The summed E-state index contributed by atoms with van der Waals surface area (Å²) >= 11 is 1.86. The Kier molecular flexibility index (Phi) is 4.43. The number of benzene rings is 1. The Morgan fingerprint density at radius 3 is 2.64 bits per heavy atom. The summed E-state index contributed by atoms with van der Waals surface area (Å²) < 4.78 is 0. The lowest BCUT2D eigenvalue weighted by atomic mass is 9.97. The Hall–Kier alpha value is -1.49. The summed E-state index contributed by atoms with van der Waals surface area (Å²) in [4.78, 5) is 11.7. The minimum Gasteiger partial charge on any atom is -1.00 e. The first-order chi connectivity index (χ1) is 10.3. The zero-order valence-corrected chi connectivity index (χ0v) is 14.0. The molecule has 5 heteroatoms. The molecule has 0 radical (unpaired) electrons. The van der Waals surface area contributed by atoms with Gasteiger partial charge in [-0.2, -0.15) is 4.98 Å². The smallest absolute Gasteiger partial charge is 0.241 e. The molecule has 0 unspecified atom stereocenters. The molecule has 2 heterocycles. The minimum absolute atomic E-state index is 0. The van der Waals surface area contributed by atoms with E-state index in [1.165, 1.54) is 52.8 Å². The van der Waals surface area contributed by atoms with Gasteiger partial charge in [0.15, 0.2) is 0 Å². The van der Waals surface area contributed by atoms with Crippen molar-refractivity contribution in [3.8, 4) is 0 Å². The molecular formula is C17H18ClN3S. The maximum absolute atomic E-state index is 4.54. The van der Waals surface area contributed by atoms with Gasteiger partial charge in [-0.15, -0.1) is 11.3 Å². The molecule has 2 N–H and O–H groups in total. The van der Waals surface area contributed by atoms with E-state index in [2.05, 4.69) is 46.5 Å². The van der Waals surface area contributed by atoms with Crippen molar-refractivity contribution in [1.29, 1.82) is 0 Å². The Labute approximate surface area is 140 Å². The largest absolute Gasteiger partial charge is 1.00 e. The van der Waals surface area contributed by atoms with Crippen molar-refractivity contribution in [2.45, 2.75) is 32.6 Å². The van der Waals surface area contributed by atoms with Crippen LogP contribution in [-0.4, -0.2) is 9.97 Å². The maximum Gasteiger partial charge on any atom is 0.241 e. The van der Waals surface area contributed by atoms with Gasteiger partial charge in [-0.25, -0.2) is 4.98 Å². The molecule has 1 aliphatic rings. The van der Waals surface area contributed by atoms with Crippen LogP contribution >= 0.6 is 11.3 Å². The highest BCUT2D eigenvalue weighted by atomic mass is 35.5. The van der Waals surface area contributed by atoms with Gasteiger partial charge < -0.3 is 12.4 Å². The second-order valence-electron chi connectivity index (χ2n) is 5.70. The number of aryl methyl sites for hydroxylation is 3. The Morgan fingerprint density at radius 1 is 1.05 bits per heavy atom. The van der Waals surface area contributed by atoms with E-state index in [-0.39, 0.29) is 12.4 Å². The van der Waals surface area contributed by atoms with E-state index in [9.17, 15) is 0 Å². The molecule has 0 saturated carbocycles. The predicted octanol–water partition coefficient (Wildman–Crippen LogP) is 0.409. The number of nitrogens with two attached hydrogens (primary N) is 1. The number of hydrogen-bond donors (Lipinski definition) is 1. The topological polar surface area (TPSA) is 42.4 Å². The highest BCUT2D eigenvalue weighted by molar-refractivity contribution is 7.18. The van der Waals surface area contributed by atoms with Gasteiger partial charge >= 0.3 is 0 Å². The van der Waals surface area contributed by atoms with Crippen LogP contribution in [0.3, 0.4) is 0 Å². The number of nitrogens with zero attached hydrogens (tertiary/aromatic N) is 2. The predicted molar refractivity (Wildman–Crippen MR) is 86.5 cm³/mol. The van der Waals surface area contributed by atoms with Gasteiger partial charge in [0.25, 0.3) is 0 Å². The summed E-state index contributed by atoms with van der Waals surface area (Å²) in [6.07, 6.45) is 6.68. The maximum atomic E-state index is 4.54. The summed E-state index contributed by atoms with van der Waals surface area (Å²) in [6.45, 7) is 2.11. The van der Waals surface area contributed by atoms with Crippen molar-refractivity contribution in [2.75, 3.05) is 0 Å².